The lowest BCUT2D eigenvalue weighted by molar-refractivity contribution is 0.387. The van der Waals surface area contributed by atoms with Crippen molar-refractivity contribution in [1.82, 2.24) is 29.7 Å². The van der Waals surface area contributed by atoms with Gasteiger partial charge in [0.1, 0.15) is 0 Å². The van der Waals surface area contributed by atoms with Crippen LogP contribution in [-0.4, -0.2) is 29.7 Å². The summed E-state index contributed by atoms with van der Waals surface area (Å²) in [7, 11) is 0. The second kappa shape index (κ2) is 4.61. The fourth-order valence-electron chi connectivity index (χ4n) is 1.73. The average Bonchev–Trinajstić information content (AvgIpc) is 2.92. The van der Waals surface area contributed by atoms with Crippen LogP contribution in [0.3, 0.4) is 0 Å². The zero-order valence-corrected chi connectivity index (χ0v) is 11.6. The van der Waals surface area contributed by atoms with E-state index in [1.54, 1.807) is 11.4 Å². The molecule has 0 atom stereocenters. The zero-order chi connectivity index (χ0) is 13.4. The van der Waals surface area contributed by atoms with Crippen molar-refractivity contribution in [2.75, 3.05) is 0 Å². The van der Waals surface area contributed by atoms with Crippen LogP contribution in [0.4, 0.5) is 0 Å². The van der Waals surface area contributed by atoms with E-state index < -0.39 is 0 Å². The van der Waals surface area contributed by atoms with Crippen LogP contribution in [0.15, 0.2) is 15.7 Å². The maximum absolute atomic E-state index is 5.04. The highest BCUT2D eigenvalue weighted by Crippen LogP contribution is 2.19. The first-order valence-electron chi connectivity index (χ1n) is 5.75. The van der Waals surface area contributed by atoms with E-state index in [2.05, 4.69) is 25.2 Å². The van der Waals surface area contributed by atoms with Crippen LogP contribution in [0.1, 0.15) is 23.1 Å². The van der Waals surface area contributed by atoms with Crippen molar-refractivity contribution in [3.63, 3.8) is 0 Å². The Bertz CT molecular complexity index is 734. The van der Waals surface area contributed by atoms with Gasteiger partial charge in [0.2, 0.25) is 11.0 Å². The van der Waals surface area contributed by atoms with E-state index in [1.165, 1.54) is 11.8 Å². The van der Waals surface area contributed by atoms with Gasteiger partial charge in [-0.15, -0.1) is 5.10 Å². The van der Waals surface area contributed by atoms with Crippen LogP contribution in [0.25, 0.3) is 5.78 Å². The van der Waals surface area contributed by atoms with E-state index in [4.69, 9.17) is 4.52 Å². The Hall–Kier alpha value is -1.96. The summed E-state index contributed by atoms with van der Waals surface area (Å²) in [6.07, 6.45) is 0. The average molecular weight is 276 g/mol. The quantitative estimate of drug-likeness (QED) is 0.673. The number of hydrogen-bond donors (Lipinski definition) is 0. The van der Waals surface area contributed by atoms with Crippen LogP contribution in [0.5, 0.6) is 0 Å². The fourth-order valence-corrected chi connectivity index (χ4v) is 2.39. The lowest BCUT2D eigenvalue weighted by Gasteiger charge is -1.97. The van der Waals surface area contributed by atoms with E-state index in [9.17, 15) is 0 Å². The van der Waals surface area contributed by atoms with Gasteiger partial charge in [0.05, 0.1) is 5.75 Å². The highest BCUT2D eigenvalue weighted by atomic mass is 32.2. The van der Waals surface area contributed by atoms with Crippen molar-refractivity contribution in [2.45, 2.75) is 31.7 Å². The molecular formula is C11H12N6OS. The molecule has 0 saturated carbocycles. The molecule has 3 rings (SSSR count). The third-order valence-electron chi connectivity index (χ3n) is 2.49. The SMILES string of the molecule is Cc1cc(C)n2nc(SCc3nc(C)no3)nc2n1. The number of nitrogens with zero attached hydrogens (tertiary/aromatic N) is 6. The molecule has 0 amide bonds. The summed E-state index contributed by atoms with van der Waals surface area (Å²) < 4.78 is 6.77. The minimum Gasteiger partial charge on any atom is -0.338 e. The molecule has 0 aliphatic rings. The Morgan fingerprint density at radius 2 is 2.05 bits per heavy atom. The second-order valence-electron chi connectivity index (χ2n) is 4.17. The van der Waals surface area contributed by atoms with Crippen molar-refractivity contribution in [3.05, 3.63) is 29.2 Å². The van der Waals surface area contributed by atoms with Gasteiger partial charge < -0.3 is 4.52 Å². The molecule has 0 N–H and O–H groups in total. The fraction of sp³-hybridized carbons (Fsp3) is 0.364. The Balaban J connectivity index is 1.83. The second-order valence-corrected chi connectivity index (χ2v) is 5.11. The van der Waals surface area contributed by atoms with Crippen LogP contribution in [-0.2, 0) is 5.75 Å². The Kier molecular flexibility index (Phi) is 2.94. The van der Waals surface area contributed by atoms with E-state index in [-0.39, 0.29) is 0 Å². The Morgan fingerprint density at radius 3 is 2.79 bits per heavy atom. The summed E-state index contributed by atoms with van der Waals surface area (Å²) >= 11 is 1.45. The summed E-state index contributed by atoms with van der Waals surface area (Å²) in [5, 5.41) is 8.78. The van der Waals surface area contributed by atoms with Gasteiger partial charge in [0.25, 0.3) is 5.78 Å². The molecule has 7 nitrogen and oxygen atoms in total. The Morgan fingerprint density at radius 1 is 1.21 bits per heavy atom. The highest BCUT2D eigenvalue weighted by Gasteiger charge is 2.10. The molecule has 0 aliphatic carbocycles. The van der Waals surface area contributed by atoms with Crippen LogP contribution >= 0.6 is 11.8 Å². The minimum atomic E-state index is 0.551. The number of aromatic nitrogens is 6. The summed E-state index contributed by atoms with van der Waals surface area (Å²) in [5.74, 6) is 2.37. The van der Waals surface area contributed by atoms with Crippen molar-refractivity contribution in [3.8, 4) is 0 Å². The maximum Gasteiger partial charge on any atom is 0.253 e. The molecule has 19 heavy (non-hydrogen) atoms. The molecular weight excluding hydrogens is 264 g/mol. The van der Waals surface area contributed by atoms with Crippen LogP contribution in [0, 0.1) is 20.8 Å². The maximum atomic E-state index is 5.04. The highest BCUT2D eigenvalue weighted by molar-refractivity contribution is 7.98. The number of thioether (sulfide) groups is 1. The number of hydrogen-bond acceptors (Lipinski definition) is 7. The van der Waals surface area contributed by atoms with E-state index in [1.807, 2.05) is 19.9 Å². The molecule has 0 unspecified atom stereocenters. The number of rotatable bonds is 3. The molecule has 0 spiro atoms. The number of fused-ring (bicyclic) bond motifs is 1. The van der Waals surface area contributed by atoms with Gasteiger partial charge in [-0.05, 0) is 26.8 Å². The predicted octanol–water partition coefficient (Wildman–Crippen LogP) is 1.72. The molecule has 0 radical (unpaired) electrons. The van der Waals surface area contributed by atoms with Crippen molar-refractivity contribution < 1.29 is 4.52 Å². The number of aryl methyl sites for hydroxylation is 3. The predicted molar refractivity (Wildman–Crippen MR) is 68.9 cm³/mol. The van der Waals surface area contributed by atoms with Gasteiger partial charge in [-0.1, -0.05) is 16.9 Å². The standard InChI is InChI=1S/C11H12N6OS/c1-6-4-7(2)17-10(12-6)14-11(15-17)19-5-9-13-8(3)16-18-9/h4H,5H2,1-3H3. The summed E-state index contributed by atoms with van der Waals surface area (Å²) in [5.41, 5.74) is 1.94. The van der Waals surface area contributed by atoms with Gasteiger partial charge in [-0.2, -0.15) is 9.97 Å². The molecule has 3 heterocycles. The molecule has 0 aromatic carbocycles. The first-order valence-corrected chi connectivity index (χ1v) is 6.73. The lowest BCUT2D eigenvalue weighted by atomic mass is 10.4. The molecule has 8 heteroatoms. The van der Waals surface area contributed by atoms with Gasteiger partial charge in [0.15, 0.2) is 5.82 Å². The first-order chi connectivity index (χ1) is 9.11. The monoisotopic (exact) mass is 276 g/mol. The smallest absolute Gasteiger partial charge is 0.253 e. The summed E-state index contributed by atoms with van der Waals surface area (Å²) in [6, 6.07) is 1.97. The van der Waals surface area contributed by atoms with Gasteiger partial charge >= 0.3 is 0 Å². The minimum absolute atomic E-state index is 0.551. The van der Waals surface area contributed by atoms with E-state index >= 15 is 0 Å². The van der Waals surface area contributed by atoms with Crippen molar-refractivity contribution in [2.24, 2.45) is 0 Å². The first kappa shape index (κ1) is 12.1. The van der Waals surface area contributed by atoms with Crippen molar-refractivity contribution >= 4 is 17.5 Å². The zero-order valence-electron chi connectivity index (χ0n) is 10.8. The largest absolute Gasteiger partial charge is 0.338 e. The molecule has 3 aromatic heterocycles. The van der Waals surface area contributed by atoms with Gasteiger partial charge in [0, 0.05) is 11.4 Å². The van der Waals surface area contributed by atoms with Crippen molar-refractivity contribution in [1.29, 1.82) is 0 Å². The topological polar surface area (TPSA) is 82.0 Å². The molecule has 0 saturated heterocycles. The molecule has 0 fully saturated rings. The lowest BCUT2D eigenvalue weighted by Crippen LogP contribution is -1.97. The molecule has 98 valence electrons. The summed E-state index contributed by atoms with van der Waals surface area (Å²) in [4.78, 5) is 12.8. The van der Waals surface area contributed by atoms with E-state index in [0.717, 1.165) is 11.4 Å². The van der Waals surface area contributed by atoms with Gasteiger partial charge in [-0.25, -0.2) is 9.50 Å². The molecule has 3 aromatic rings. The summed E-state index contributed by atoms with van der Waals surface area (Å²) in [6.45, 7) is 5.71. The normalized spacial score (nSPS) is 11.3. The van der Waals surface area contributed by atoms with Crippen LogP contribution in [0.2, 0.25) is 0 Å². The molecule has 0 aliphatic heterocycles. The molecule has 0 bridgehead atoms. The Labute approximate surface area is 113 Å². The third kappa shape index (κ3) is 2.43. The van der Waals surface area contributed by atoms with Crippen LogP contribution < -0.4 is 0 Å². The van der Waals surface area contributed by atoms with E-state index in [0.29, 0.717) is 28.4 Å². The van der Waals surface area contributed by atoms with Gasteiger partial charge in [-0.3, -0.25) is 0 Å². The third-order valence-corrected chi connectivity index (χ3v) is 3.32.